The van der Waals surface area contributed by atoms with E-state index in [9.17, 15) is 14.7 Å². The van der Waals surface area contributed by atoms with E-state index in [-0.39, 0.29) is 10.7 Å². The van der Waals surface area contributed by atoms with Gasteiger partial charge in [0.1, 0.15) is 0 Å². The molecule has 1 N–H and O–H groups in total. The maximum Gasteiger partial charge on any atom is 0.296 e. The van der Waals surface area contributed by atoms with Crippen molar-refractivity contribution in [2.24, 2.45) is 0 Å². The predicted octanol–water partition coefficient (Wildman–Crippen LogP) is 6.68. The quantitative estimate of drug-likeness (QED) is 0.121. The number of carbonyl (C=O) groups is 2. The average molecular weight is 606 g/mol. The first-order valence-corrected chi connectivity index (χ1v) is 14.5. The number of thioether (sulfide) groups is 1. The van der Waals surface area contributed by atoms with E-state index in [0.29, 0.717) is 32.2 Å². The Labute approximate surface area is 249 Å². The molecule has 1 aliphatic heterocycles. The molecule has 4 aromatic rings. The Hall–Kier alpha value is -4.12. The zero-order valence-corrected chi connectivity index (χ0v) is 24.4. The highest BCUT2D eigenvalue weighted by Crippen LogP contribution is 2.45. The number of ketones is 1. The molecular weight excluding hydrogens is 582 g/mol. The number of ether oxygens (including phenoxy) is 2. The molecule has 1 aromatic heterocycles. The smallest absolute Gasteiger partial charge is 0.296 e. The second kappa shape index (κ2) is 12.6. The van der Waals surface area contributed by atoms with Crippen LogP contribution in [0.1, 0.15) is 22.7 Å². The molecule has 1 amide bonds. The Balaban J connectivity index is 1.51. The Morgan fingerprint density at radius 2 is 1.78 bits per heavy atom. The van der Waals surface area contributed by atoms with Gasteiger partial charge in [0.25, 0.3) is 5.91 Å². The number of hydrogen-bond donors (Lipinski definition) is 1. The van der Waals surface area contributed by atoms with E-state index in [2.05, 4.69) is 10.2 Å². The fourth-order valence-corrected chi connectivity index (χ4v) is 6.48. The fraction of sp³-hybridized carbons (Fsp3) is 0.133. The molecule has 0 saturated carbocycles. The monoisotopic (exact) mass is 605 g/mol. The van der Waals surface area contributed by atoms with Crippen LogP contribution in [0.5, 0.6) is 11.5 Å². The minimum absolute atomic E-state index is 0.0742. The summed E-state index contributed by atoms with van der Waals surface area (Å²) in [5, 5.41) is 20.4. The van der Waals surface area contributed by atoms with Gasteiger partial charge in [-0.1, -0.05) is 95.4 Å². The Morgan fingerprint density at radius 3 is 2.51 bits per heavy atom. The normalized spacial score (nSPS) is 15.1. The van der Waals surface area contributed by atoms with Crippen molar-refractivity contribution in [3.05, 3.63) is 112 Å². The van der Waals surface area contributed by atoms with Crippen LogP contribution in [-0.4, -0.2) is 41.2 Å². The Bertz CT molecular complexity index is 1650. The molecule has 0 aliphatic carbocycles. The summed E-state index contributed by atoms with van der Waals surface area (Å²) in [4.78, 5) is 28.3. The van der Waals surface area contributed by atoms with E-state index < -0.39 is 23.5 Å². The van der Waals surface area contributed by atoms with Crippen molar-refractivity contribution in [3.63, 3.8) is 0 Å². The minimum Gasteiger partial charge on any atom is -0.503 e. The van der Waals surface area contributed by atoms with Gasteiger partial charge < -0.3 is 14.6 Å². The van der Waals surface area contributed by atoms with Gasteiger partial charge in [-0.3, -0.25) is 14.5 Å². The lowest BCUT2D eigenvalue weighted by Gasteiger charge is -2.24. The van der Waals surface area contributed by atoms with E-state index in [1.165, 1.54) is 48.3 Å². The molecule has 3 aromatic carbocycles. The van der Waals surface area contributed by atoms with Crippen molar-refractivity contribution in [3.8, 4) is 11.5 Å². The lowest BCUT2D eigenvalue weighted by molar-refractivity contribution is -0.117. The molecule has 5 rings (SSSR count). The SMILES string of the molecule is COc1ccc(C2C(C(=O)C=Cc3ccccc3)=C(O)C(=O)N2c2nnc(SCc3ccccc3Cl)s2)cc1OC. The molecular formula is C30H24ClN3O5S2. The third-order valence-electron chi connectivity index (χ3n) is 6.33. The van der Waals surface area contributed by atoms with Crippen LogP contribution in [0.15, 0.2) is 94.5 Å². The van der Waals surface area contributed by atoms with Crippen molar-refractivity contribution in [2.45, 2.75) is 16.1 Å². The summed E-state index contributed by atoms with van der Waals surface area (Å²) in [5.74, 6) is -0.471. The maximum absolute atomic E-state index is 13.5. The zero-order chi connectivity index (χ0) is 28.9. The van der Waals surface area contributed by atoms with Gasteiger partial charge in [-0.2, -0.15) is 0 Å². The summed E-state index contributed by atoms with van der Waals surface area (Å²) in [6.07, 6.45) is 2.98. The van der Waals surface area contributed by atoms with E-state index in [4.69, 9.17) is 21.1 Å². The molecule has 0 saturated heterocycles. The number of amides is 1. The number of aliphatic hydroxyl groups excluding tert-OH is 1. The van der Waals surface area contributed by atoms with Crippen LogP contribution in [0, 0.1) is 0 Å². The molecule has 1 atom stereocenters. The van der Waals surface area contributed by atoms with Crippen LogP contribution in [0.25, 0.3) is 6.08 Å². The first-order chi connectivity index (χ1) is 19.9. The number of allylic oxidation sites excluding steroid dienone is 1. The van der Waals surface area contributed by atoms with Crippen LogP contribution in [-0.2, 0) is 15.3 Å². The number of hydrogen-bond acceptors (Lipinski definition) is 9. The number of aromatic nitrogens is 2. The number of carbonyl (C=O) groups excluding carboxylic acids is 2. The third kappa shape index (κ3) is 6.00. The van der Waals surface area contributed by atoms with Crippen LogP contribution in [0.3, 0.4) is 0 Å². The predicted molar refractivity (Wildman–Crippen MR) is 161 cm³/mol. The molecule has 0 spiro atoms. The summed E-state index contributed by atoms with van der Waals surface area (Å²) in [6.45, 7) is 0. The summed E-state index contributed by atoms with van der Waals surface area (Å²) in [7, 11) is 3.01. The molecule has 0 bridgehead atoms. The van der Waals surface area contributed by atoms with E-state index >= 15 is 0 Å². The molecule has 1 aliphatic rings. The second-order valence-corrected chi connectivity index (χ2v) is 11.4. The summed E-state index contributed by atoms with van der Waals surface area (Å²) < 4.78 is 11.4. The summed E-state index contributed by atoms with van der Waals surface area (Å²) in [6, 6.07) is 20.9. The molecule has 1 unspecified atom stereocenters. The highest BCUT2D eigenvalue weighted by Gasteiger charge is 2.45. The van der Waals surface area contributed by atoms with Crippen molar-refractivity contribution < 1.29 is 24.2 Å². The molecule has 11 heteroatoms. The van der Waals surface area contributed by atoms with Crippen molar-refractivity contribution in [2.75, 3.05) is 19.1 Å². The number of halogens is 1. The number of nitrogens with zero attached hydrogens (tertiary/aromatic N) is 3. The third-order valence-corrected chi connectivity index (χ3v) is 8.81. The molecule has 0 fully saturated rings. The largest absolute Gasteiger partial charge is 0.503 e. The van der Waals surface area contributed by atoms with Crippen LogP contribution in [0.2, 0.25) is 5.02 Å². The summed E-state index contributed by atoms with van der Waals surface area (Å²) >= 11 is 8.89. The van der Waals surface area contributed by atoms with Crippen molar-refractivity contribution in [1.82, 2.24) is 10.2 Å². The van der Waals surface area contributed by atoms with Gasteiger partial charge in [0.15, 0.2) is 27.4 Å². The maximum atomic E-state index is 13.5. The highest BCUT2D eigenvalue weighted by molar-refractivity contribution is 8.00. The van der Waals surface area contributed by atoms with Crippen LogP contribution in [0.4, 0.5) is 5.13 Å². The first-order valence-electron chi connectivity index (χ1n) is 12.4. The van der Waals surface area contributed by atoms with Gasteiger partial charge >= 0.3 is 0 Å². The summed E-state index contributed by atoms with van der Waals surface area (Å²) in [5.41, 5.74) is 2.19. The minimum atomic E-state index is -0.982. The van der Waals surface area contributed by atoms with Gasteiger partial charge in [0.05, 0.1) is 25.8 Å². The lowest BCUT2D eigenvalue weighted by atomic mass is 9.95. The van der Waals surface area contributed by atoms with E-state index in [1.54, 1.807) is 24.3 Å². The number of benzene rings is 3. The molecule has 208 valence electrons. The molecule has 8 nitrogen and oxygen atoms in total. The van der Waals surface area contributed by atoms with Gasteiger partial charge in [0.2, 0.25) is 5.13 Å². The Kier molecular flexibility index (Phi) is 8.72. The number of methoxy groups -OCH3 is 2. The zero-order valence-electron chi connectivity index (χ0n) is 22.0. The number of aliphatic hydroxyl groups is 1. The lowest BCUT2D eigenvalue weighted by Crippen LogP contribution is -2.30. The Morgan fingerprint density at radius 1 is 1.05 bits per heavy atom. The van der Waals surface area contributed by atoms with E-state index in [1.807, 2.05) is 54.6 Å². The van der Waals surface area contributed by atoms with Gasteiger partial charge in [0, 0.05) is 10.8 Å². The first kappa shape index (κ1) is 28.4. The number of rotatable bonds is 10. The second-order valence-electron chi connectivity index (χ2n) is 8.79. The standard InChI is InChI=1S/C30H24ClN3O5S2/c1-38-23-15-13-19(16-24(23)39-2)26-25(22(35)14-12-18-8-4-3-5-9-18)27(36)28(37)34(26)29-32-33-30(41-29)40-17-20-10-6-7-11-21(20)31/h3-16,26,36H,17H2,1-2H3. The molecule has 0 radical (unpaired) electrons. The van der Waals surface area contributed by atoms with Gasteiger partial charge in [-0.25, -0.2) is 0 Å². The number of anilines is 1. The highest BCUT2D eigenvalue weighted by atomic mass is 35.5. The molecule has 2 heterocycles. The average Bonchev–Trinajstić information content (AvgIpc) is 3.57. The van der Waals surface area contributed by atoms with Gasteiger partial charge in [-0.15, -0.1) is 10.2 Å². The van der Waals surface area contributed by atoms with Crippen LogP contribution >= 0.6 is 34.7 Å². The van der Waals surface area contributed by atoms with E-state index in [0.717, 1.165) is 11.1 Å². The van der Waals surface area contributed by atoms with Crippen molar-refractivity contribution in [1.29, 1.82) is 0 Å². The van der Waals surface area contributed by atoms with Crippen molar-refractivity contribution >= 4 is 57.6 Å². The van der Waals surface area contributed by atoms with Crippen LogP contribution < -0.4 is 14.4 Å². The van der Waals surface area contributed by atoms with Gasteiger partial charge in [-0.05, 0) is 41.0 Å². The molecule has 41 heavy (non-hydrogen) atoms. The topological polar surface area (TPSA) is 102 Å². The fourth-order valence-electron chi connectivity index (χ4n) is 4.33.